The molecule has 0 fully saturated rings. The molecule has 0 spiro atoms. The van der Waals surface area contributed by atoms with Gasteiger partial charge in [0.15, 0.2) is 0 Å². The Bertz CT molecular complexity index is 745. The number of carbonyl (C=O) groups is 1. The molecule has 144 valence electrons. The van der Waals surface area contributed by atoms with Crippen molar-refractivity contribution >= 4 is 17.8 Å². The molecule has 0 aliphatic heterocycles. The van der Waals surface area contributed by atoms with E-state index in [9.17, 15) is 4.79 Å². The number of hydroxylamine groups is 1. The van der Waals surface area contributed by atoms with Gasteiger partial charge >= 0.3 is 0 Å². The van der Waals surface area contributed by atoms with E-state index in [1.807, 2.05) is 6.07 Å². The largest absolute Gasteiger partial charge is 0.363 e. The van der Waals surface area contributed by atoms with Gasteiger partial charge in [-0.3, -0.25) is 15.0 Å². The number of amides is 1. The zero-order valence-corrected chi connectivity index (χ0v) is 16.0. The average Bonchev–Trinajstić information content (AvgIpc) is 2.65. The molecule has 2 rings (SSSR count). The Balaban J connectivity index is 1.85. The molecule has 7 heteroatoms. The summed E-state index contributed by atoms with van der Waals surface area (Å²) in [5.74, 6) is 0.0545. The number of nitrogens with zero attached hydrogens (tertiary/aromatic N) is 3. The van der Waals surface area contributed by atoms with Crippen molar-refractivity contribution in [2.45, 2.75) is 25.8 Å². The second kappa shape index (κ2) is 9.80. The Morgan fingerprint density at radius 3 is 2.59 bits per heavy atom. The van der Waals surface area contributed by atoms with Crippen LogP contribution in [0.2, 0.25) is 0 Å². The van der Waals surface area contributed by atoms with Gasteiger partial charge < -0.3 is 10.2 Å². The van der Waals surface area contributed by atoms with Gasteiger partial charge in [-0.25, -0.2) is 10.5 Å². The van der Waals surface area contributed by atoms with Crippen LogP contribution in [0.4, 0.5) is 5.82 Å². The number of rotatable bonds is 9. The van der Waals surface area contributed by atoms with Crippen LogP contribution < -0.4 is 10.8 Å². The average molecular weight is 369 g/mol. The van der Waals surface area contributed by atoms with Crippen LogP contribution in [0.1, 0.15) is 25.1 Å². The molecular formula is C20H27N5O2. The molecule has 1 heterocycles. The topological polar surface area (TPSA) is 90.4 Å². The Kier molecular flexibility index (Phi) is 7.45. The summed E-state index contributed by atoms with van der Waals surface area (Å²) in [6, 6.07) is 10.5. The highest BCUT2D eigenvalue weighted by Crippen LogP contribution is 2.14. The molecule has 0 unspecified atom stereocenters. The number of aromatic nitrogens is 2. The molecule has 1 aromatic heterocycles. The highest BCUT2D eigenvalue weighted by molar-refractivity contribution is 5.90. The number of anilines is 1. The predicted molar refractivity (Wildman–Crippen MR) is 106 cm³/mol. The Morgan fingerprint density at radius 1 is 1.22 bits per heavy atom. The summed E-state index contributed by atoms with van der Waals surface area (Å²) in [7, 11) is 2.11. The fraction of sp³-hybridized carbons (Fsp3) is 0.350. The van der Waals surface area contributed by atoms with E-state index in [2.05, 4.69) is 65.3 Å². The number of likely N-dealkylation sites (N-methyl/N-ethyl adjacent to an activating group) is 1. The first-order valence-corrected chi connectivity index (χ1v) is 8.83. The van der Waals surface area contributed by atoms with Crippen molar-refractivity contribution in [2.75, 3.05) is 25.5 Å². The molecule has 0 aliphatic carbocycles. The lowest BCUT2D eigenvalue weighted by Crippen LogP contribution is -2.43. The van der Waals surface area contributed by atoms with E-state index in [1.165, 1.54) is 23.2 Å². The van der Waals surface area contributed by atoms with Gasteiger partial charge in [-0.15, -0.1) is 0 Å². The van der Waals surface area contributed by atoms with Crippen LogP contribution in [0.3, 0.4) is 0 Å². The number of hydrogen-bond acceptors (Lipinski definition) is 6. The summed E-state index contributed by atoms with van der Waals surface area (Å²) in [5, 5.41) is 11.9. The van der Waals surface area contributed by atoms with Gasteiger partial charge in [0.25, 0.3) is 5.91 Å². The maximum Gasteiger partial charge on any atom is 0.267 e. The van der Waals surface area contributed by atoms with Crippen molar-refractivity contribution in [2.24, 2.45) is 0 Å². The first-order valence-electron chi connectivity index (χ1n) is 8.83. The monoisotopic (exact) mass is 369 g/mol. The minimum atomic E-state index is -0.612. The van der Waals surface area contributed by atoms with E-state index in [-0.39, 0.29) is 5.54 Å². The van der Waals surface area contributed by atoms with Crippen LogP contribution >= 0.6 is 0 Å². The zero-order chi connectivity index (χ0) is 19.7. The van der Waals surface area contributed by atoms with Gasteiger partial charge in [0.05, 0.1) is 18.1 Å². The normalized spacial score (nSPS) is 11.7. The SMILES string of the molecule is CN(CCc1ccccc1)CC(C)(C)Nc1cnc(C=CC(=O)NO)cn1. The second-order valence-electron chi connectivity index (χ2n) is 7.12. The van der Waals surface area contributed by atoms with Crippen LogP contribution in [0.25, 0.3) is 6.08 Å². The van der Waals surface area contributed by atoms with E-state index in [1.54, 1.807) is 12.4 Å². The molecule has 7 nitrogen and oxygen atoms in total. The Labute approximate surface area is 160 Å². The zero-order valence-electron chi connectivity index (χ0n) is 16.0. The maximum atomic E-state index is 11.0. The Morgan fingerprint density at radius 2 is 1.96 bits per heavy atom. The molecule has 0 bridgehead atoms. The van der Waals surface area contributed by atoms with E-state index in [4.69, 9.17) is 5.21 Å². The maximum absolute atomic E-state index is 11.0. The van der Waals surface area contributed by atoms with E-state index >= 15 is 0 Å². The summed E-state index contributed by atoms with van der Waals surface area (Å²) in [6.45, 7) is 6.05. The van der Waals surface area contributed by atoms with Gasteiger partial charge in [0.2, 0.25) is 0 Å². The molecule has 27 heavy (non-hydrogen) atoms. The summed E-state index contributed by atoms with van der Waals surface area (Å²) < 4.78 is 0. The van der Waals surface area contributed by atoms with Crippen LogP contribution in [-0.2, 0) is 11.2 Å². The number of hydrogen-bond donors (Lipinski definition) is 3. The third-order valence-corrected chi connectivity index (χ3v) is 3.94. The fourth-order valence-electron chi connectivity index (χ4n) is 2.79. The number of carbonyl (C=O) groups excluding carboxylic acids is 1. The molecule has 0 saturated carbocycles. The van der Waals surface area contributed by atoms with Crippen molar-refractivity contribution in [1.29, 1.82) is 0 Å². The lowest BCUT2D eigenvalue weighted by molar-refractivity contribution is -0.124. The molecular weight excluding hydrogens is 342 g/mol. The lowest BCUT2D eigenvalue weighted by Gasteiger charge is -2.31. The molecule has 0 aliphatic rings. The van der Waals surface area contributed by atoms with Crippen LogP contribution in [0.15, 0.2) is 48.8 Å². The van der Waals surface area contributed by atoms with Gasteiger partial charge in [0, 0.05) is 24.7 Å². The predicted octanol–water partition coefficient (Wildman–Crippen LogP) is 2.36. The second-order valence-corrected chi connectivity index (χ2v) is 7.12. The molecule has 2 aromatic rings. The first kappa shape index (κ1) is 20.5. The lowest BCUT2D eigenvalue weighted by atomic mass is 10.0. The smallest absolute Gasteiger partial charge is 0.267 e. The van der Waals surface area contributed by atoms with Crippen molar-refractivity contribution < 1.29 is 10.0 Å². The highest BCUT2D eigenvalue weighted by atomic mass is 16.5. The molecule has 1 aromatic carbocycles. The van der Waals surface area contributed by atoms with Gasteiger partial charge in [0.1, 0.15) is 5.82 Å². The van der Waals surface area contributed by atoms with Crippen LogP contribution in [0, 0.1) is 0 Å². The molecule has 0 atom stereocenters. The third kappa shape index (κ3) is 7.55. The minimum absolute atomic E-state index is 0.186. The quantitative estimate of drug-likeness (QED) is 0.357. The standard InChI is InChI=1S/C20H27N5O2/c1-20(2,15-25(3)12-11-16-7-5-4-6-8-16)23-18-14-21-17(13-22-18)9-10-19(26)24-27/h4-10,13-14,27H,11-12,15H2,1-3H3,(H,22,23)(H,24,26). The first-order chi connectivity index (χ1) is 12.9. The molecule has 3 N–H and O–H groups in total. The van der Waals surface area contributed by atoms with Crippen LogP contribution in [0.5, 0.6) is 0 Å². The number of benzene rings is 1. The van der Waals surface area contributed by atoms with Gasteiger partial charge in [-0.05, 0) is 39.0 Å². The van der Waals surface area contributed by atoms with E-state index in [0.717, 1.165) is 19.5 Å². The molecule has 0 saturated heterocycles. The van der Waals surface area contributed by atoms with Crippen LogP contribution in [-0.4, -0.2) is 51.7 Å². The number of nitrogens with one attached hydrogen (secondary N) is 2. The highest BCUT2D eigenvalue weighted by Gasteiger charge is 2.20. The third-order valence-electron chi connectivity index (χ3n) is 3.94. The van der Waals surface area contributed by atoms with Crippen molar-refractivity contribution in [3.63, 3.8) is 0 Å². The van der Waals surface area contributed by atoms with E-state index < -0.39 is 5.91 Å². The molecule has 1 amide bonds. The fourth-order valence-corrected chi connectivity index (χ4v) is 2.79. The van der Waals surface area contributed by atoms with Gasteiger partial charge in [-0.2, -0.15) is 0 Å². The summed E-state index contributed by atoms with van der Waals surface area (Å²) >= 11 is 0. The van der Waals surface area contributed by atoms with Gasteiger partial charge in [-0.1, -0.05) is 30.3 Å². The molecule has 0 radical (unpaired) electrons. The summed E-state index contributed by atoms with van der Waals surface area (Å²) in [4.78, 5) is 21.8. The summed E-state index contributed by atoms with van der Waals surface area (Å²) in [6.07, 6.45) is 6.87. The Hall–Kier alpha value is -2.77. The summed E-state index contributed by atoms with van der Waals surface area (Å²) in [5.41, 5.74) is 3.20. The minimum Gasteiger partial charge on any atom is -0.363 e. The van der Waals surface area contributed by atoms with E-state index in [0.29, 0.717) is 11.5 Å². The van der Waals surface area contributed by atoms with Crippen molar-refractivity contribution in [3.8, 4) is 0 Å². The van der Waals surface area contributed by atoms with Crippen molar-refractivity contribution in [3.05, 3.63) is 60.1 Å². The van der Waals surface area contributed by atoms with Crippen molar-refractivity contribution in [1.82, 2.24) is 20.3 Å².